The molecule has 1 saturated heterocycles. The Morgan fingerprint density at radius 1 is 1.35 bits per heavy atom. The molecule has 20 heavy (non-hydrogen) atoms. The standard InChI is InChI=1S/C14H18F2N2O2/c1-20-8-9-2-4-18(5-3-9)14(19)10-6-13(17)12(16)7-11(10)15/h6-7,9H,2-5,8,17H2,1H3. The van der Waals surface area contributed by atoms with Gasteiger partial charge in [-0.05, 0) is 24.8 Å². The molecule has 1 amide bonds. The lowest BCUT2D eigenvalue weighted by Gasteiger charge is -2.31. The lowest BCUT2D eigenvalue weighted by molar-refractivity contribution is 0.0609. The Bertz CT molecular complexity index is 500. The molecule has 1 aromatic carbocycles. The van der Waals surface area contributed by atoms with Gasteiger partial charge in [-0.1, -0.05) is 0 Å². The van der Waals surface area contributed by atoms with E-state index in [2.05, 4.69) is 0 Å². The number of rotatable bonds is 3. The first-order valence-electron chi connectivity index (χ1n) is 6.55. The summed E-state index contributed by atoms with van der Waals surface area (Å²) in [7, 11) is 1.65. The molecule has 0 bridgehead atoms. The summed E-state index contributed by atoms with van der Waals surface area (Å²) in [5.41, 5.74) is 5.00. The molecule has 1 aliphatic rings. The quantitative estimate of drug-likeness (QED) is 0.864. The molecule has 0 aromatic heterocycles. The number of hydrogen-bond acceptors (Lipinski definition) is 3. The topological polar surface area (TPSA) is 55.6 Å². The Labute approximate surface area is 116 Å². The monoisotopic (exact) mass is 284 g/mol. The second kappa shape index (κ2) is 6.17. The first kappa shape index (κ1) is 14.7. The van der Waals surface area contributed by atoms with Crippen molar-refractivity contribution in [2.24, 2.45) is 5.92 Å². The fourth-order valence-electron chi connectivity index (χ4n) is 2.44. The van der Waals surface area contributed by atoms with Crippen LogP contribution in [0.5, 0.6) is 0 Å². The molecule has 4 nitrogen and oxygen atoms in total. The van der Waals surface area contributed by atoms with E-state index in [-0.39, 0.29) is 11.3 Å². The fraction of sp³-hybridized carbons (Fsp3) is 0.500. The van der Waals surface area contributed by atoms with Crippen LogP contribution in [0.15, 0.2) is 12.1 Å². The predicted octanol–water partition coefficient (Wildman–Crippen LogP) is 2.05. The molecule has 2 rings (SSSR count). The number of piperidine rings is 1. The van der Waals surface area contributed by atoms with E-state index in [9.17, 15) is 13.6 Å². The van der Waals surface area contributed by atoms with Crippen LogP contribution >= 0.6 is 0 Å². The van der Waals surface area contributed by atoms with Crippen LogP contribution in [0, 0.1) is 17.6 Å². The fourth-order valence-corrected chi connectivity index (χ4v) is 2.44. The Balaban J connectivity index is 2.07. The number of nitrogen functional groups attached to an aromatic ring is 1. The number of amides is 1. The summed E-state index contributed by atoms with van der Waals surface area (Å²) in [5.74, 6) is -1.74. The SMILES string of the molecule is COCC1CCN(C(=O)c2cc(N)c(F)cc2F)CC1. The molecule has 0 saturated carbocycles. The van der Waals surface area contributed by atoms with Crippen LogP contribution in [-0.2, 0) is 4.74 Å². The van der Waals surface area contributed by atoms with Crippen molar-refractivity contribution in [3.8, 4) is 0 Å². The van der Waals surface area contributed by atoms with Gasteiger partial charge in [-0.3, -0.25) is 4.79 Å². The summed E-state index contributed by atoms with van der Waals surface area (Å²) < 4.78 is 31.9. The number of likely N-dealkylation sites (tertiary alicyclic amines) is 1. The third kappa shape index (κ3) is 3.07. The summed E-state index contributed by atoms with van der Waals surface area (Å²) >= 11 is 0. The molecular formula is C14H18F2N2O2. The molecule has 0 atom stereocenters. The number of ether oxygens (including phenoxy) is 1. The molecule has 6 heteroatoms. The molecule has 0 spiro atoms. The van der Waals surface area contributed by atoms with E-state index in [0.29, 0.717) is 31.7 Å². The van der Waals surface area contributed by atoms with Crippen molar-refractivity contribution < 1.29 is 18.3 Å². The van der Waals surface area contributed by atoms with E-state index >= 15 is 0 Å². The number of benzene rings is 1. The highest BCUT2D eigenvalue weighted by Crippen LogP contribution is 2.22. The molecule has 0 aliphatic carbocycles. The molecule has 1 heterocycles. The maximum Gasteiger partial charge on any atom is 0.256 e. The van der Waals surface area contributed by atoms with E-state index in [0.717, 1.165) is 18.9 Å². The molecule has 1 aliphatic heterocycles. The Morgan fingerprint density at radius 2 is 2.00 bits per heavy atom. The summed E-state index contributed by atoms with van der Waals surface area (Å²) in [6, 6.07) is 1.72. The van der Waals surface area contributed by atoms with E-state index in [4.69, 9.17) is 10.5 Å². The number of methoxy groups -OCH3 is 1. The summed E-state index contributed by atoms with van der Waals surface area (Å²) in [6.45, 7) is 1.76. The number of carbonyl (C=O) groups excluding carboxylic acids is 1. The second-order valence-electron chi connectivity index (χ2n) is 5.04. The van der Waals surface area contributed by atoms with Gasteiger partial charge in [-0.2, -0.15) is 0 Å². The first-order valence-corrected chi connectivity index (χ1v) is 6.55. The van der Waals surface area contributed by atoms with Crippen LogP contribution < -0.4 is 5.73 Å². The number of anilines is 1. The van der Waals surface area contributed by atoms with E-state index < -0.39 is 17.5 Å². The minimum atomic E-state index is -0.874. The van der Waals surface area contributed by atoms with Crippen molar-refractivity contribution in [3.63, 3.8) is 0 Å². The molecule has 1 aromatic rings. The van der Waals surface area contributed by atoms with Crippen molar-refractivity contribution in [1.82, 2.24) is 4.90 Å². The van der Waals surface area contributed by atoms with Crippen molar-refractivity contribution in [2.45, 2.75) is 12.8 Å². The van der Waals surface area contributed by atoms with E-state index in [1.54, 1.807) is 12.0 Å². The minimum Gasteiger partial charge on any atom is -0.396 e. The van der Waals surface area contributed by atoms with Crippen molar-refractivity contribution >= 4 is 11.6 Å². The first-order chi connectivity index (χ1) is 9.52. The van der Waals surface area contributed by atoms with Gasteiger partial charge in [-0.25, -0.2) is 8.78 Å². The molecule has 2 N–H and O–H groups in total. The average molecular weight is 284 g/mol. The van der Waals surface area contributed by atoms with Crippen LogP contribution in [-0.4, -0.2) is 37.6 Å². The van der Waals surface area contributed by atoms with E-state index in [1.807, 2.05) is 0 Å². The van der Waals surface area contributed by atoms with Gasteiger partial charge in [0.2, 0.25) is 0 Å². The Morgan fingerprint density at radius 3 is 2.60 bits per heavy atom. The Hall–Kier alpha value is -1.69. The maximum absolute atomic E-state index is 13.7. The highest BCUT2D eigenvalue weighted by atomic mass is 19.1. The van der Waals surface area contributed by atoms with E-state index in [1.165, 1.54) is 0 Å². The number of halogens is 2. The van der Waals surface area contributed by atoms with Gasteiger partial charge < -0.3 is 15.4 Å². The second-order valence-corrected chi connectivity index (χ2v) is 5.04. The van der Waals surface area contributed by atoms with Crippen molar-refractivity contribution in [1.29, 1.82) is 0 Å². The zero-order valence-corrected chi connectivity index (χ0v) is 11.4. The lowest BCUT2D eigenvalue weighted by atomic mass is 9.97. The predicted molar refractivity (Wildman–Crippen MR) is 71.3 cm³/mol. The van der Waals surface area contributed by atoms with Gasteiger partial charge in [0.25, 0.3) is 5.91 Å². The number of nitrogens with zero attached hydrogens (tertiary/aromatic N) is 1. The minimum absolute atomic E-state index is 0.172. The molecular weight excluding hydrogens is 266 g/mol. The Kier molecular flexibility index (Phi) is 4.54. The third-order valence-electron chi connectivity index (χ3n) is 3.62. The van der Waals surface area contributed by atoms with Gasteiger partial charge in [0, 0.05) is 32.9 Å². The highest BCUT2D eigenvalue weighted by molar-refractivity contribution is 5.95. The van der Waals surface area contributed by atoms with Gasteiger partial charge in [0.1, 0.15) is 11.6 Å². The molecule has 0 unspecified atom stereocenters. The maximum atomic E-state index is 13.7. The number of nitrogens with two attached hydrogens (primary N) is 1. The van der Waals surface area contributed by atoms with Crippen molar-refractivity contribution in [2.75, 3.05) is 32.5 Å². The van der Waals surface area contributed by atoms with Crippen LogP contribution in [0.3, 0.4) is 0 Å². The zero-order chi connectivity index (χ0) is 14.7. The normalized spacial score (nSPS) is 16.4. The van der Waals surface area contributed by atoms with Gasteiger partial charge in [0.15, 0.2) is 0 Å². The lowest BCUT2D eigenvalue weighted by Crippen LogP contribution is -2.39. The summed E-state index contributed by atoms with van der Waals surface area (Å²) in [6.07, 6.45) is 1.63. The van der Waals surface area contributed by atoms with Gasteiger partial charge in [-0.15, -0.1) is 0 Å². The average Bonchev–Trinajstić information content (AvgIpc) is 2.43. The van der Waals surface area contributed by atoms with Crippen molar-refractivity contribution in [3.05, 3.63) is 29.3 Å². The number of hydrogen-bond donors (Lipinski definition) is 1. The molecule has 0 radical (unpaired) electrons. The molecule has 1 fully saturated rings. The van der Waals surface area contributed by atoms with Gasteiger partial charge >= 0.3 is 0 Å². The highest BCUT2D eigenvalue weighted by Gasteiger charge is 2.25. The van der Waals surface area contributed by atoms with Crippen LogP contribution in [0.1, 0.15) is 23.2 Å². The van der Waals surface area contributed by atoms with Gasteiger partial charge in [0.05, 0.1) is 11.3 Å². The number of carbonyl (C=O) groups is 1. The largest absolute Gasteiger partial charge is 0.396 e. The summed E-state index contributed by atoms with van der Waals surface area (Å²) in [5, 5.41) is 0. The smallest absolute Gasteiger partial charge is 0.256 e. The summed E-state index contributed by atoms with van der Waals surface area (Å²) in [4.78, 5) is 13.8. The zero-order valence-electron chi connectivity index (χ0n) is 11.4. The molecule has 110 valence electrons. The van der Waals surface area contributed by atoms with Crippen LogP contribution in [0.2, 0.25) is 0 Å². The van der Waals surface area contributed by atoms with Crippen LogP contribution in [0.4, 0.5) is 14.5 Å². The van der Waals surface area contributed by atoms with Crippen LogP contribution in [0.25, 0.3) is 0 Å². The third-order valence-corrected chi connectivity index (χ3v) is 3.62.